The summed E-state index contributed by atoms with van der Waals surface area (Å²) in [6.45, 7) is 6.00. The van der Waals surface area contributed by atoms with Gasteiger partial charge < -0.3 is 25.4 Å². The molecule has 0 radical (unpaired) electrons. The average Bonchev–Trinajstić information content (AvgIpc) is 2.98. The van der Waals surface area contributed by atoms with Crippen LogP contribution in [0.15, 0.2) is 40.7 Å². The maximum atomic E-state index is 13.2. The summed E-state index contributed by atoms with van der Waals surface area (Å²) in [6.07, 6.45) is 2.38. The number of carbonyl (C=O) groups is 3. The number of hydrogen-bond acceptors (Lipinski definition) is 6. The predicted octanol–water partition coefficient (Wildman–Crippen LogP) is 3.21. The van der Waals surface area contributed by atoms with Crippen LogP contribution in [0.3, 0.4) is 0 Å². The topological polar surface area (TPSA) is 120 Å². The van der Waals surface area contributed by atoms with Gasteiger partial charge in [-0.05, 0) is 70.1 Å². The molecule has 0 unspecified atom stereocenters. The summed E-state index contributed by atoms with van der Waals surface area (Å²) in [6, 6.07) is 5.57. The highest BCUT2D eigenvalue weighted by Crippen LogP contribution is 2.39. The Balaban J connectivity index is 1.93. The minimum Gasteiger partial charge on any atom is -0.503 e. The molecular weight excluding hydrogens is 455 g/mol. The van der Waals surface area contributed by atoms with E-state index < -0.39 is 40.4 Å². The molecule has 2 amide bonds. The fraction of sp³-hybridized carbons (Fsp3) is 0.520. The van der Waals surface area contributed by atoms with E-state index in [9.17, 15) is 23.9 Å². The van der Waals surface area contributed by atoms with E-state index in [1.54, 1.807) is 27.8 Å². The van der Waals surface area contributed by atoms with E-state index in [0.717, 1.165) is 12.8 Å². The van der Waals surface area contributed by atoms with Gasteiger partial charge in [-0.25, -0.2) is 14.2 Å². The lowest BCUT2D eigenvalue weighted by molar-refractivity contribution is -0.118. The molecule has 2 heterocycles. The molecule has 3 fully saturated rings. The number of fused-ring (bicyclic) bond motifs is 4. The molecule has 35 heavy (non-hydrogen) atoms. The molecule has 2 aliphatic heterocycles. The van der Waals surface area contributed by atoms with Gasteiger partial charge in [0.15, 0.2) is 17.7 Å². The monoisotopic (exact) mass is 488 g/mol. The van der Waals surface area contributed by atoms with Crippen LogP contribution in [-0.2, 0) is 20.9 Å². The highest BCUT2D eigenvalue weighted by Gasteiger charge is 2.47. The Kier molecular flexibility index (Phi) is 7.82. The Bertz CT molecular complexity index is 1020. The van der Waals surface area contributed by atoms with Crippen LogP contribution in [0.4, 0.5) is 9.18 Å². The second-order valence-electron chi connectivity index (χ2n) is 10.1. The number of aldehydes is 1. The zero-order valence-corrected chi connectivity index (χ0v) is 20.6. The van der Waals surface area contributed by atoms with Crippen LogP contribution < -0.4 is 10.6 Å². The molecule has 1 aliphatic carbocycles. The maximum absolute atomic E-state index is 13.2. The number of aliphatic hydroxyl groups excluding tert-OH is 1. The Labute approximate surface area is 204 Å². The first-order valence-corrected chi connectivity index (χ1v) is 11.6. The third-order valence-electron chi connectivity index (χ3n) is 6.17. The lowest BCUT2D eigenvalue weighted by atomic mass is 9.77. The van der Waals surface area contributed by atoms with Gasteiger partial charge >= 0.3 is 6.09 Å². The van der Waals surface area contributed by atoms with Crippen molar-refractivity contribution in [1.82, 2.24) is 15.5 Å². The predicted molar refractivity (Wildman–Crippen MR) is 128 cm³/mol. The van der Waals surface area contributed by atoms with E-state index >= 15 is 0 Å². The van der Waals surface area contributed by atoms with Crippen molar-refractivity contribution < 1.29 is 28.6 Å². The quantitative estimate of drug-likeness (QED) is 0.321. The number of alkyl carbamates (subject to hydrolysis) is 1. The van der Waals surface area contributed by atoms with Crippen molar-refractivity contribution in [2.75, 3.05) is 13.6 Å². The molecule has 0 atom stereocenters. The lowest BCUT2D eigenvalue weighted by Crippen LogP contribution is -2.59. The van der Waals surface area contributed by atoms with Gasteiger partial charge in [-0.2, -0.15) is 0 Å². The van der Waals surface area contributed by atoms with Gasteiger partial charge in [0.25, 0.3) is 5.91 Å². The summed E-state index contributed by atoms with van der Waals surface area (Å²) in [5.74, 6) is -1.23. The van der Waals surface area contributed by atoms with Crippen molar-refractivity contribution in [3.05, 3.63) is 47.1 Å². The third-order valence-corrected chi connectivity index (χ3v) is 6.17. The number of carbonyl (C=O) groups excluding carboxylic acids is 3. The summed E-state index contributed by atoms with van der Waals surface area (Å²) in [5.41, 5.74) is -1.45. The molecule has 2 bridgehead atoms. The number of amidine groups is 1. The largest absolute Gasteiger partial charge is 0.503 e. The van der Waals surface area contributed by atoms with Gasteiger partial charge in [0.05, 0.1) is 0 Å². The van der Waals surface area contributed by atoms with E-state index in [1.807, 2.05) is 4.90 Å². The molecule has 0 spiro atoms. The average molecular weight is 489 g/mol. The van der Waals surface area contributed by atoms with E-state index in [4.69, 9.17) is 4.74 Å². The number of nitrogens with one attached hydrogen (secondary N) is 2. The van der Waals surface area contributed by atoms with E-state index in [1.165, 1.54) is 24.3 Å². The van der Waals surface area contributed by atoms with E-state index in [0.29, 0.717) is 36.7 Å². The molecular formula is C25H33FN4O5. The number of aliphatic imine (C=N–C) groups is 1. The molecule has 190 valence electrons. The summed E-state index contributed by atoms with van der Waals surface area (Å²) in [5, 5.41) is 15.8. The maximum Gasteiger partial charge on any atom is 0.408 e. The molecule has 1 saturated carbocycles. The van der Waals surface area contributed by atoms with Crippen LogP contribution in [0.1, 0.15) is 52.0 Å². The number of hydrogen-bond donors (Lipinski definition) is 3. The van der Waals surface area contributed by atoms with Crippen LogP contribution in [0.25, 0.3) is 0 Å². The summed E-state index contributed by atoms with van der Waals surface area (Å²) in [4.78, 5) is 43.5. The van der Waals surface area contributed by atoms with Gasteiger partial charge in [-0.1, -0.05) is 12.1 Å². The van der Waals surface area contributed by atoms with Crippen molar-refractivity contribution in [3.63, 3.8) is 0 Å². The van der Waals surface area contributed by atoms with E-state index in [-0.39, 0.29) is 12.8 Å². The number of benzene rings is 1. The Morgan fingerprint density at radius 3 is 2.46 bits per heavy atom. The smallest absolute Gasteiger partial charge is 0.408 e. The number of rotatable bonds is 6. The van der Waals surface area contributed by atoms with Gasteiger partial charge in [-0.15, -0.1) is 0 Å². The minimum atomic E-state index is -0.921. The van der Waals surface area contributed by atoms with Crippen LogP contribution in [0.2, 0.25) is 0 Å². The molecule has 3 N–H and O–H groups in total. The fourth-order valence-electron chi connectivity index (χ4n) is 4.54. The number of nitrogens with zero attached hydrogens (tertiary/aromatic N) is 2. The molecule has 10 heteroatoms. The summed E-state index contributed by atoms with van der Waals surface area (Å²) >= 11 is 0. The van der Waals surface area contributed by atoms with Crippen molar-refractivity contribution in [2.24, 2.45) is 10.9 Å². The van der Waals surface area contributed by atoms with Crippen LogP contribution in [0.5, 0.6) is 0 Å². The second kappa shape index (κ2) is 10.5. The zero-order chi connectivity index (χ0) is 25.8. The molecule has 9 nitrogen and oxygen atoms in total. The molecule has 2 saturated heterocycles. The van der Waals surface area contributed by atoms with Gasteiger partial charge in [0.2, 0.25) is 0 Å². The normalized spacial score (nSPS) is 23.9. The van der Waals surface area contributed by atoms with Crippen molar-refractivity contribution >= 4 is 24.1 Å². The van der Waals surface area contributed by atoms with Gasteiger partial charge in [-0.3, -0.25) is 9.59 Å². The van der Waals surface area contributed by atoms with Crippen LogP contribution in [-0.4, -0.2) is 58.9 Å². The highest BCUT2D eigenvalue weighted by atomic mass is 19.1. The number of likely N-dealkylation sites (N-methyl/N-ethyl adjacent to an activating group) is 1. The van der Waals surface area contributed by atoms with Crippen molar-refractivity contribution in [1.29, 1.82) is 0 Å². The number of amides is 2. The van der Waals surface area contributed by atoms with Gasteiger partial charge in [0.1, 0.15) is 22.8 Å². The molecule has 3 aliphatic rings. The minimum absolute atomic E-state index is 0.0405. The Morgan fingerprint density at radius 2 is 1.89 bits per heavy atom. The SMILES string of the molecule is CN1CC2CCC(NC(=O)OC(C)(C)C)(CC2)/C1=N/C(C(=O)NCc1ccc(F)cc1)=C(/O)C=O. The summed E-state index contributed by atoms with van der Waals surface area (Å²) < 4.78 is 18.6. The van der Waals surface area contributed by atoms with E-state index in [2.05, 4.69) is 15.6 Å². The number of allylic oxidation sites excluding steroid dienone is 1. The van der Waals surface area contributed by atoms with Crippen LogP contribution >= 0.6 is 0 Å². The first-order valence-electron chi connectivity index (χ1n) is 11.6. The Morgan fingerprint density at radius 1 is 1.26 bits per heavy atom. The lowest BCUT2D eigenvalue weighted by Gasteiger charge is -2.39. The number of aliphatic hydroxyl groups is 1. The van der Waals surface area contributed by atoms with Crippen molar-refractivity contribution in [2.45, 2.75) is 64.1 Å². The first kappa shape index (κ1) is 26.2. The number of ether oxygens (including phenoxy) is 1. The molecule has 1 aromatic carbocycles. The third kappa shape index (κ3) is 6.58. The van der Waals surface area contributed by atoms with Gasteiger partial charge in [0, 0.05) is 20.1 Å². The fourth-order valence-corrected chi connectivity index (χ4v) is 4.54. The Hall–Kier alpha value is -3.43. The second-order valence-corrected chi connectivity index (χ2v) is 10.1. The van der Waals surface area contributed by atoms with Crippen molar-refractivity contribution in [3.8, 4) is 0 Å². The standard InChI is InChI=1S/C25H33FN4O5/c1-24(2,3)35-23(34)29-25-11-9-17(10-12-25)14-30(4)22(25)28-20(19(32)15-31)21(33)27-13-16-5-7-18(26)8-6-16/h5-8,15,17,32H,9-14H2,1-4H3,(H,27,33)(H,29,34)/b20-19+,28-22-. The summed E-state index contributed by atoms with van der Waals surface area (Å²) in [7, 11) is 1.81. The zero-order valence-electron chi connectivity index (χ0n) is 20.6. The first-order chi connectivity index (χ1) is 16.4. The van der Waals surface area contributed by atoms with Crippen LogP contribution in [0, 0.1) is 11.7 Å². The number of halogens is 1. The molecule has 4 rings (SSSR count). The highest BCUT2D eigenvalue weighted by molar-refractivity contribution is 6.03. The molecule has 1 aromatic rings. The molecule has 0 aromatic heterocycles.